The topological polar surface area (TPSA) is 12.9 Å². The second-order valence-electron chi connectivity index (χ2n) is 2.86. The van der Waals surface area contributed by atoms with E-state index in [1.54, 1.807) is 18.5 Å². The van der Waals surface area contributed by atoms with Crippen LogP contribution < -0.4 is 0 Å². The summed E-state index contributed by atoms with van der Waals surface area (Å²) in [5.74, 6) is 0. The number of halogens is 2. The van der Waals surface area contributed by atoms with Gasteiger partial charge in [0, 0.05) is 28.0 Å². The molecule has 0 aliphatic rings. The molecule has 3 heteroatoms. The van der Waals surface area contributed by atoms with Gasteiger partial charge in [0.25, 0.3) is 0 Å². The van der Waals surface area contributed by atoms with Crippen LogP contribution in [-0.4, -0.2) is 4.98 Å². The first-order valence-corrected chi connectivity index (χ1v) is 4.88. The average Bonchev–Trinajstić information content (AvgIpc) is 2.19. The molecule has 2 rings (SSSR count). The largest absolute Gasteiger partial charge is 0.265 e. The standard InChI is InChI=1S/C11H7Cl2N/c12-9-1-2-10(11(13)7-9)8-3-5-14-6-4-8/h1-7H. The van der Waals surface area contributed by atoms with E-state index in [0.717, 1.165) is 11.1 Å². The molecule has 0 bridgehead atoms. The maximum absolute atomic E-state index is 6.06. The fourth-order valence-electron chi connectivity index (χ4n) is 1.26. The van der Waals surface area contributed by atoms with Gasteiger partial charge in [-0.2, -0.15) is 0 Å². The summed E-state index contributed by atoms with van der Waals surface area (Å²) in [6, 6.07) is 9.28. The van der Waals surface area contributed by atoms with Gasteiger partial charge in [0.1, 0.15) is 0 Å². The zero-order chi connectivity index (χ0) is 9.97. The number of nitrogens with zero attached hydrogens (tertiary/aromatic N) is 1. The smallest absolute Gasteiger partial charge is 0.0499 e. The van der Waals surface area contributed by atoms with Gasteiger partial charge in [0.05, 0.1) is 0 Å². The molecule has 0 N–H and O–H groups in total. The third-order valence-corrected chi connectivity index (χ3v) is 2.47. The van der Waals surface area contributed by atoms with Crippen LogP contribution in [0.25, 0.3) is 11.1 Å². The summed E-state index contributed by atoms with van der Waals surface area (Å²) in [7, 11) is 0. The Kier molecular flexibility index (Phi) is 2.71. The molecule has 0 fully saturated rings. The third-order valence-electron chi connectivity index (χ3n) is 1.92. The Hall–Kier alpha value is -1.05. The van der Waals surface area contributed by atoms with E-state index in [1.807, 2.05) is 24.3 Å². The molecule has 0 radical (unpaired) electrons. The van der Waals surface area contributed by atoms with E-state index in [4.69, 9.17) is 23.2 Å². The summed E-state index contributed by atoms with van der Waals surface area (Å²) < 4.78 is 0. The monoisotopic (exact) mass is 223 g/mol. The molecule has 1 aromatic carbocycles. The Morgan fingerprint density at radius 2 is 1.64 bits per heavy atom. The van der Waals surface area contributed by atoms with Crippen LogP contribution in [0.5, 0.6) is 0 Å². The predicted molar refractivity (Wildman–Crippen MR) is 59.7 cm³/mol. The van der Waals surface area contributed by atoms with Crippen LogP contribution in [0, 0.1) is 0 Å². The van der Waals surface area contributed by atoms with Crippen LogP contribution in [0.2, 0.25) is 10.0 Å². The highest BCUT2D eigenvalue weighted by Gasteiger charge is 2.02. The molecule has 0 saturated heterocycles. The predicted octanol–water partition coefficient (Wildman–Crippen LogP) is 4.06. The Morgan fingerprint density at radius 1 is 0.929 bits per heavy atom. The van der Waals surface area contributed by atoms with Crippen molar-refractivity contribution in [3.05, 3.63) is 52.8 Å². The molecule has 0 amide bonds. The molecule has 0 spiro atoms. The lowest BCUT2D eigenvalue weighted by Gasteiger charge is -2.03. The lowest BCUT2D eigenvalue weighted by Crippen LogP contribution is -1.79. The summed E-state index contributed by atoms with van der Waals surface area (Å²) in [4.78, 5) is 3.95. The Bertz CT molecular complexity index is 440. The van der Waals surface area contributed by atoms with Gasteiger partial charge in [-0.25, -0.2) is 0 Å². The van der Waals surface area contributed by atoms with Gasteiger partial charge < -0.3 is 0 Å². The quantitative estimate of drug-likeness (QED) is 0.711. The van der Waals surface area contributed by atoms with Gasteiger partial charge in [-0.3, -0.25) is 4.98 Å². The Labute approximate surface area is 92.3 Å². The normalized spacial score (nSPS) is 10.1. The second kappa shape index (κ2) is 3.99. The first kappa shape index (κ1) is 9.50. The van der Waals surface area contributed by atoms with Crippen LogP contribution in [-0.2, 0) is 0 Å². The number of aromatic nitrogens is 1. The van der Waals surface area contributed by atoms with Crippen LogP contribution in [0.3, 0.4) is 0 Å². The maximum Gasteiger partial charge on any atom is 0.0499 e. The number of rotatable bonds is 1. The minimum atomic E-state index is 0.646. The van der Waals surface area contributed by atoms with Gasteiger partial charge >= 0.3 is 0 Å². The number of hydrogen-bond donors (Lipinski definition) is 0. The second-order valence-corrected chi connectivity index (χ2v) is 3.70. The van der Waals surface area contributed by atoms with Crippen molar-refractivity contribution < 1.29 is 0 Å². The highest BCUT2D eigenvalue weighted by molar-refractivity contribution is 6.36. The highest BCUT2D eigenvalue weighted by Crippen LogP contribution is 2.29. The fraction of sp³-hybridized carbons (Fsp3) is 0. The highest BCUT2D eigenvalue weighted by atomic mass is 35.5. The van der Waals surface area contributed by atoms with Crippen LogP contribution in [0.4, 0.5) is 0 Å². The molecule has 1 nitrogen and oxygen atoms in total. The molecule has 70 valence electrons. The average molecular weight is 224 g/mol. The van der Waals surface area contributed by atoms with Crippen molar-refractivity contribution in [1.29, 1.82) is 0 Å². The van der Waals surface area contributed by atoms with Crippen LogP contribution in [0.1, 0.15) is 0 Å². The summed E-state index contributed by atoms with van der Waals surface area (Å²) in [6.45, 7) is 0. The van der Waals surface area contributed by atoms with Crippen molar-refractivity contribution in [2.24, 2.45) is 0 Å². The Balaban J connectivity index is 2.53. The third kappa shape index (κ3) is 1.89. The summed E-state index contributed by atoms with van der Waals surface area (Å²) >= 11 is 11.9. The molecule has 0 atom stereocenters. The molecule has 0 saturated carbocycles. The van der Waals surface area contributed by atoms with E-state index in [2.05, 4.69) is 4.98 Å². The van der Waals surface area contributed by atoms with Crippen molar-refractivity contribution in [1.82, 2.24) is 4.98 Å². The molecule has 0 unspecified atom stereocenters. The lowest BCUT2D eigenvalue weighted by molar-refractivity contribution is 1.33. The summed E-state index contributed by atoms with van der Waals surface area (Å²) in [5.41, 5.74) is 2.01. The first-order chi connectivity index (χ1) is 6.77. The van der Waals surface area contributed by atoms with E-state index < -0.39 is 0 Å². The summed E-state index contributed by atoms with van der Waals surface area (Å²) in [6.07, 6.45) is 3.47. The fourth-order valence-corrected chi connectivity index (χ4v) is 1.77. The number of pyridine rings is 1. The van der Waals surface area contributed by atoms with Crippen molar-refractivity contribution in [2.45, 2.75) is 0 Å². The van der Waals surface area contributed by atoms with Gasteiger partial charge in [0.2, 0.25) is 0 Å². The van der Waals surface area contributed by atoms with E-state index in [9.17, 15) is 0 Å². The SMILES string of the molecule is Clc1ccc(-c2ccncc2)c(Cl)c1. The van der Waals surface area contributed by atoms with E-state index >= 15 is 0 Å². The minimum absolute atomic E-state index is 0.646. The van der Waals surface area contributed by atoms with Crippen molar-refractivity contribution in [3.8, 4) is 11.1 Å². The zero-order valence-corrected chi connectivity index (χ0v) is 8.76. The molecular weight excluding hydrogens is 217 g/mol. The Morgan fingerprint density at radius 3 is 2.29 bits per heavy atom. The zero-order valence-electron chi connectivity index (χ0n) is 7.24. The lowest BCUT2D eigenvalue weighted by atomic mass is 10.1. The van der Waals surface area contributed by atoms with Crippen molar-refractivity contribution in [3.63, 3.8) is 0 Å². The van der Waals surface area contributed by atoms with Gasteiger partial charge in [-0.05, 0) is 29.8 Å². The molecule has 1 aromatic heterocycles. The number of hydrogen-bond acceptors (Lipinski definition) is 1. The van der Waals surface area contributed by atoms with Crippen molar-refractivity contribution >= 4 is 23.2 Å². The van der Waals surface area contributed by atoms with Crippen LogP contribution >= 0.6 is 23.2 Å². The van der Waals surface area contributed by atoms with E-state index in [-0.39, 0.29) is 0 Å². The van der Waals surface area contributed by atoms with E-state index in [0.29, 0.717) is 10.0 Å². The van der Waals surface area contributed by atoms with Gasteiger partial charge in [-0.1, -0.05) is 29.3 Å². The molecule has 2 aromatic rings. The molecular formula is C11H7Cl2N. The minimum Gasteiger partial charge on any atom is -0.265 e. The molecule has 0 aliphatic heterocycles. The molecule has 1 heterocycles. The summed E-state index contributed by atoms with van der Waals surface area (Å²) in [5, 5.41) is 1.30. The number of benzene rings is 1. The van der Waals surface area contributed by atoms with Crippen molar-refractivity contribution in [2.75, 3.05) is 0 Å². The molecule has 14 heavy (non-hydrogen) atoms. The van der Waals surface area contributed by atoms with E-state index in [1.165, 1.54) is 0 Å². The van der Waals surface area contributed by atoms with Gasteiger partial charge in [-0.15, -0.1) is 0 Å². The first-order valence-electron chi connectivity index (χ1n) is 4.13. The molecule has 0 aliphatic carbocycles. The van der Waals surface area contributed by atoms with Gasteiger partial charge in [0.15, 0.2) is 0 Å². The van der Waals surface area contributed by atoms with Crippen LogP contribution in [0.15, 0.2) is 42.7 Å². The maximum atomic E-state index is 6.06.